The molecule has 1 rings (SSSR count). The van der Waals surface area contributed by atoms with Crippen LogP contribution in [0.15, 0.2) is 22.8 Å². The van der Waals surface area contributed by atoms with Crippen LogP contribution in [0.3, 0.4) is 0 Å². The molecular formula is C7H10BN. The minimum Gasteiger partial charge on any atom is -0.402 e. The molecule has 0 saturated heterocycles. The standard InChI is InChI=1S/C7H10BN/c1-5-4-6(9)2-3-7(5)8/h4H,2-3,9H2,1H3. The highest BCUT2D eigenvalue weighted by atomic mass is 14.6. The molecule has 2 N–H and O–H groups in total. The van der Waals surface area contributed by atoms with E-state index in [1.54, 1.807) is 0 Å². The third-order valence-electron chi connectivity index (χ3n) is 1.59. The molecule has 46 valence electrons. The van der Waals surface area contributed by atoms with Gasteiger partial charge < -0.3 is 5.73 Å². The minimum atomic E-state index is 0.920. The lowest BCUT2D eigenvalue weighted by Gasteiger charge is -2.11. The Bertz CT molecular complexity index is 179. The molecule has 0 aromatic rings. The summed E-state index contributed by atoms with van der Waals surface area (Å²) in [7, 11) is 5.62. The Labute approximate surface area is 57.0 Å². The van der Waals surface area contributed by atoms with Crippen molar-refractivity contribution in [3.63, 3.8) is 0 Å². The molecule has 1 aliphatic carbocycles. The van der Waals surface area contributed by atoms with E-state index in [4.69, 9.17) is 13.6 Å². The Kier molecular flexibility index (Phi) is 1.65. The molecule has 2 radical (unpaired) electrons. The zero-order chi connectivity index (χ0) is 6.85. The van der Waals surface area contributed by atoms with Crippen molar-refractivity contribution in [1.82, 2.24) is 0 Å². The Hall–Kier alpha value is -0.655. The number of hydrogen-bond acceptors (Lipinski definition) is 1. The number of rotatable bonds is 0. The summed E-state index contributed by atoms with van der Waals surface area (Å²) in [6.45, 7) is 1.99. The molecule has 1 aliphatic rings. The predicted molar refractivity (Wildman–Crippen MR) is 40.0 cm³/mol. The molecule has 0 heterocycles. The van der Waals surface area contributed by atoms with Gasteiger partial charge in [0.05, 0.1) is 0 Å². The summed E-state index contributed by atoms with van der Waals surface area (Å²) in [4.78, 5) is 0. The van der Waals surface area contributed by atoms with Crippen molar-refractivity contribution < 1.29 is 0 Å². The zero-order valence-electron chi connectivity index (χ0n) is 5.65. The monoisotopic (exact) mass is 119 g/mol. The molecule has 0 spiro atoms. The van der Waals surface area contributed by atoms with Gasteiger partial charge in [-0.05, 0) is 25.8 Å². The first kappa shape index (κ1) is 6.46. The molecule has 0 unspecified atom stereocenters. The van der Waals surface area contributed by atoms with E-state index in [-0.39, 0.29) is 0 Å². The third-order valence-corrected chi connectivity index (χ3v) is 1.59. The number of nitrogens with two attached hydrogens (primary N) is 1. The molecule has 0 fully saturated rings. The highest BCUT2D eigenvalue weighted by Gasteiger charge is 2.02. The number of allylic oxidation sites excluding steroid dienone is 4. The fraction of sp³-hybridized carbons (Fsp3) is 0.429. The second kappa shape index (κ2) is 2.30. The number of hydrogen-bond donors (Lipinski definition) is 1. The van der Waals surface area contributed by atoms with Gasteiger partial charge in [0.1, 0.15) is 7.85 Å². The summed E-state index contributed by atoms with van der Waals surface area (Å²) in [5.74, 6) is 0. The molecule has 0 bridgehead atoms. The van der Waals surface area contributed by atoms with Crippen LogP contribution in [0.25, 0.3) is 0 Å². The normalized spacial score (nSPS) is 19.9. The Morgan fingerprint density at radius 2 is 2.22 bits per heavy atom. The fourth-order valence-electron chi connectivity index (χ4n) is 0.919. The topological polar surface area (TPSA) is 26.0 Å². The van der Waals surface area contributed by atoms with Crippen LogP contribution in [0.5, 0.6) is 0 Å². The van der Waals surface area contributed by atoms with E-state index in [1.165, 1.54) is 0 Å². The highest BCUT2D eigenvalue weighted by Crippen LogP contribution is 2.17. The van der Waals surface area contributed by atoms with Gasteiger partial charge in [0.2, 0.25) is 0 Å². The first-order chi connectivity index (χ1) is 4.20. The summed E-state index contributed by atoms with van der Waals surface area (Å²) >= 11 is 0. The summed E-state index contributed by atoms with van der Waals surface area (Å²) < 4.78 is 0. The lowest BCUT2D eigenvalue weighted by Crippen LogP contribution is -2.04. The van der Waals surface area contributed by atoms with Crippen LogP contribution in [0, 0.1) is 0 Å². The fourth-order valence-corrected chi connectivity index (χ4v) is 0.919. The molecule has 1 nitrogen and oxygen atoms in total. The summed E-state index contributed by atoms with van der Waals surface area (Å²) in [6.07, 6.45) is 3.79. The highest BCUT2D eigenvalue weighted by molar-refractivity contribution is 6.22. The van der Waals surface area contributed by atoms with Gasteiger partial charge in [-0.1, -0.05) is 5.57 Å². The van der Waals surface area contributed by atoms with E-state index in [1.807, 2.05) is 13.0 Å². The minimum absolute atomic E-state index is 0.920. The van der Waals surface area contributed by atoms with E-state index in [2.05, 4.69) is 0 Å². The Morgan fingerprint density at radius 1 is 1.56 bits per heavy atom. The summed E-state index contributed by atoms with van der Waals surface area (Å²) in [5.41, 5.74) is 8.60. The lowest BCUT2D eigenvalue weighted by atomic mass is 9.83. The van der Waals surface area contributed by atoms with Gasteiger partial charge in [-0.25, -0.2) is 0 Å². The second-order valence-electron chi connectivity index (χ2n) is 2.43. The van der Waals surface area contributed by atoms with E-state index in [0.29, 0.717) is 0 Å². The van der Waals surface area contributed by atoms with E-state index in [0.717, 1.165) is 29.6 Å². The average molecular weight is 119 g/mol. The molecule has 0 atom stereocenters. The maximum Gasteiger partial charge on any atom is 0.108 e. The van der Waals surface area contributed by atoms with Gasteiger partial charge in [-0.3, -0.25) is 0 Å². The van der Waals surface area contributed by atoms with Crippen molar-refractivity contribution in [3.05, 3.63) is 22.8 Å². The predicted octanol–water partition coefficient (Wildman–Crippen LogP) is 1.07. The SMILES string of the molecule is [B]C1=C(C)C=C(N)CC1. The first-order valence-corrected chi connectivity index (χ1v) is 3.11. The molecule has 9 heavy (non-hydrogen) atoms. The Balaban J connectivity index is 2.83. The van der Waals surface area contributed by atoms with Crippen molar-refractivity contribution in [2.24, 2.45) is 5.73 Å². The van der Waals surface area contributed by atoms with Crippen LogP contribution in [-0.2, 0) is 0 Å². The van der Waals surface area contributed by atoms with E-state index in [9.17, 15) is 0 Å². The Morgan fingerprint density at radius 3 is 2.67 bits per heavy atom. The molecule has 0 aromatic heterocycles. The van der Waals surface area contributed by atoms with Gasteiger partial charge in [0.25, 0.3) is 0 Å². The summed E-state index contributed by atoms with van der Waals surface area (Å²) in [6, 6.07) is 0. The maximum atomic E-state index is 5.62. The van der Waals surface area contributed by atoms with Crippen LogP contribution in [0.1, 0.15) is 19.8 Å². The van der Waals surface area contributed by atoms with Crippen LogP contribution >= 0.6 is 0 Å². The van der Waals surface area contributed by atoms with Crippen molar-refractivity contribution in [2.75, 3.05) is 0 Å². The molecule has 0 aromatic carbocycles. The van der Waals surface area contributed by atoms with Gasteiger partial charge in [-0.15, -0.1) is 5.47 Å². The van der Waals surface area contributed by atoms with Crippen LogP contribution in [0.4, 0.5) is 0 Å². The van der Waals surface area contributed by atoms with Crippen molar-refractivity contribution in [3.8, 4) is 0 Å². The van der Waals surface area contributed by atoms with Crippen molar-refractivity contribution >= 4 is 7.85 Å². The molecule has 0 saturated carbocycles. The average Bonchev–Trinajstić information content (AvgIpc) is 1.80. The lowest BCUT2D eigenvalue weighted by molar-refractivity contribution is 0.914. The van der Waals surface area contributed by atoms with Crippen molar-refractivity contribution in [2.45, 2.75) is 19.8 Å². The quantitative estimate of drug-likeness (QED) is 0.474. The van der Waals surface area contributed by atoms with Crippen LogP contribution in [-0.4, -0.2) is 7.85 Å². The van der Waals surface area contributed by atoms with Gasteiger partial charge in [0.15, 0.2) is 0 Å². The largest absolute Gasteiger partial charge is 0.402 e. The second-order valence-corrected chi connectivity index (χ2v) is 2.43. The van der Waals surface area contributed by atoms with Crippen LogP contribution in [0.2, 0.25) is 0 Å². The molecule has 0 aliphatic heterocycles. The van der Waals surface area contributed by atoms with Gasteiger partial charge in [0, 0.05) is 5.70 Å². The van der Waals surface area contributed by atoms with Gasteiger partial charge in [-0.2, -0.15) is 0 Å². The smallest absolute Gasteiger partial charge is 0.108 e. The molecule has 2 heteroatoms. The van der Waals surface area contributed by atoms with Crippen molar-refractivity contribution in [1.29, 1.82) is 0 Å². The first-order valence-electron chi connectivity index (χ1n) is 3.11. The van der Waals surface area contributed by atoms with Crippen LogP contribution < -0.4 is 5.73 Å². The van der Waals surface area contributed by atoms with E-state index < -0.39 is 0 Å². The van der Waals surface area contributed by atoms with E-state index >= 15 is 0 Å². The molecule has 0 amide bonds. The molecular weight excluding hydrogens is 109 g/mol. The zero-order valence-corrected chi connectivity index (χ0v) is 5.65. The summed E-state index contributed by atoms with van der Waals surface area (Å²) in [5, 5.41) is 0. The third kappa shape index (κ3) is 1.38. The van der Waals surface area contributed by atoms with Gasteiger partial charge >= 0.3 is 0 Å². The maximum absolute atomic E-state index is 5.62.